The summed E-state index contributed by atoms with van der Waals surface area (Å²) in [6.07, 6.45) is 0.357. The number of carbonyl (C=O) groups excluding carboxylic acids is 1. The maximum absolute atomic E-state index is 11.9. The molecular formula is C15H21BrN2O2. The lowest BCUT2D eigenvalue weighted by Gasteiger charge is -2.24. The molecule has 1 aliphatic rings. The summed E-state index contributed by atoms with van der Waals surface area (Å²) >= 11 is 3.50. The molecule has 20 heavy (non-hydrogen) atoms. The van der Waals surface area contributed by atoms with Crippen molar-refractivity contribution in [1.29, 1.82) is 0 Å². The molecule has 1 heterocycles. The van der Waals surface area contributed by atoms with Crippen molar-refractivity contribution in [2.45, 2.75) is 26.4 Å². The Morgan fingerprint density at radius 3 is 2.80 bits per heavy atom. The van der Waals surface area contributed by atoms with Crippen LogP contribution in [0.4, 0.5) is 5.69 Å². The minimum Gasteiger partial charge on any atom is -0.389 e. The van der Waals surface area contributed by atoms with Gasteiger partial charge in [-0.2, -0.15) is 0 Å². The minimum atomic E-state index is -0.492. The van der Waals surface area contributed by atoms with Gasteiger partial charge in [0, 0.05) is 30.3 Å². The minimum absolute atomic E-state index is 0.0969. The number of carbonyl (C=O) groups is 1. The third-order valence-electron chi connectivity index (χ3n) is 4.05. The maximum Gasteiger partial charge on any atom is 0.227 e. The van der Waals surface area contributed by atoms with Crippen LogP contribution >= 0.6 is 15.9 Å². The van der Waals surface area contributed by atoms with E-state index >= 15 is 0 Å². The van der Waals surface area contributed by atoms with E-state index in [9.17, 15) is 9.90 Å². The van der Waals surface area contributed by atoms with Crippen LogP contribution in [-0.4, -0.2) is 31.2 Å². The number of nitrogens with zero attached hydrogens (tertiary/aromatic N) is 1. The van der Waals surface area contributed by atoms with E-state index in [1.165, 1.54) is 0 Å². The molecule has 1 aromatic rings. The first kappa shape index (κ1) is 15.3. The lowest BCUT2D eigenvalue weighted by atomic mass is 9.89. The second-order valence-corrected chi connectivity index (χ2v) is 6.55. The number of hydrogen-bond acceptors (Lipinski definition) is 3. The highest BCUT2D eigenvalue weighted by Crippen LogP contribution is 2.35. The molecule has 1 saturated heterocycles. The van der Waals surface area contributed by atoms with E-state index < -0.39 is 6.10 Å². The third kappa shape index (κ3) is 2.83. The Labute approximate surface area is 128 Å². The summed E-state index contributed by atoms with van der Waals surface area (Å²) in [4.78, 5) is 14.2. The van der Waals surface area contributed by atoms with E-state index in [1.54, 1.807) is 14.0 Å². The molecule has 2 N–H and O–H groups in total. The maximum atomic E-state index is 11.9. The van der Waals surface area contributed by atoms with Crippen LogP contribution in [0, 0.1) is 5.41 Å². The van der Waals surface area contributed by atoms with Gasteiger partial charge in [0.15, 0.2) is 0 Å². The summed E-state index contributed by atoms with van der Waals surface area (Å²) < 4.78 is 0.901. The normalized spacial score (nSPS) is 23.8. The van der Waals surface area contributed by atoms with E-state index in [-0.39, 0.29) is 11.3 Å². The van der Waals surface area contributed by atoms with Crippen molar-refractivity contribution < 1.29 is 9.90 Å². The van der Waals surface area contributed by atoms with E-state index in [1.807, 2.05) is 25.1 Å². The molecule has 2 atom stereocenters. The fraction of sp³-hybridized carbons (Fsp3) is 0.533. The van der Waals surface area contributed by atoms with Gasteiger partial charge < -0.3 is 15.3 Å². The number of halogens is 1. The highest BCUT2D eigenvalue weighted by Gasteiger charge is 2.39. The predicted octanol–water partition coefficient (Wildman–Crippen LogP) is 2.46. The Bertz CT molecular complexity index is 519. The van der Waals surface area contributed by atoms with Gasteiger partial charge in [-0.05, 0) is 38.0 Å². The highest BCUT2D eigenvalue weighted by atomic mass is 79.9. The van der Waals surface area contributed by atoms with E-state index in [2.05, 4.69) is 26.1 Å². The van der Waals surface area contributed by atoms with E-state index in [0.717, 1.165) is 28.7 Å². The zero-order valence-electron chi connectivity index (χ0n) is 12.1. The fourth-order valence-electron chi connectivity index (χ4n) is 2.72. The quantitative estimate of drug-likeness (QED) is 0.888. The second kappa shape index (κ2) is 5.74. The van der Waals surface area contributed by atoms with Crippen molar-refractivity contribution in [3.63, 3.8) is 0 Å². The van der Waals surface area contributed by atoms with Crippen LogP contribution < -0.4 is 10.2 Å². The Morgan fingerprint density at radius 2 is 2.25 bits per heavy atom. The molecule has 0 aliphatic carbocycles. The van der Waals surface area contributed by atoms with Gasteiger partial charge in [0.2, 0.25) is 5.91 Å². The number of aliphatic hydroxyl groups is 1. The van der Waals surface area contributed by atoms with Crippen LogP contribution in [0.3, 0.4) is 0 Å². The first-order valence-electron chi connectivity index (χ1n) is 6.82. The van der Waals surface area contributed by atoms with Crippen molar-refractivity contribution in [3.05, 3.63) is 28.2 Å². The van der Waals surface area contributed by atoms with E-state index in [0.29, 0.717) is 6.54 Å². The second-order valence-electron chi connectivity index (χ2n) is 5.69. The lowest BCUT2D eigenvalue weighted by molar-refractivity contribution is -0.128. The molecule has 0 saturated carbocycles. The molecule has 1 amide bonds. The number of benzene rings is 1. The van der Waals surface area contributed by atoms with Gasteiger partial charge in [-0.1, -0.05) is 22.0 Å². The highest BCUT2D eigenvalue weighted by molar-refractivity contribution is 9.10. The van der Waals surface area contributed by atoms with Gasteiger partial charge in [0.05, 0.1) is 11.5 Å². The monoisotopic (exact) mass is 340 g/mol. The van der Waals surface area contributed by atoms with Crippen LogP contribution in [-0.2, 0) is 4.79 Å². The predicted molar refractivity (Wildman–Crippen MR) is 83.8 cm³/mol. The summed E-state index contributed by atoms with van der Waals surface area (Å²) in [5, 5.41) is 12.4. The summed E-state index contributed by atoms with van der Waals surface area (Å²) in [6.45, 7) is 5.33. The Kier molecular flexibility index (Phi) is 4.39. The van der Waals surface area contributed by atoms with Crippen LogP contribution in [0.1, 0.15) is 31.9 Å². The molecule has 0 spiro atoms. The molecule has 1 fully saturated rings. The number of nitrogens with one attached hydrogen (secondary N) is 1. The summed E-state index contributed by atoms with van der Waals surface area (Å²) in [5.41, 5.74) is 1.63. The number of hydrogen-bond donors (Lipinski definition) is 2. The Balaban J connectivity index is 2.19. The molecule has 4 nitrogen and oxygen atoms in total. The van der Waals surface area contributed by atoms with Crippen molar-refractivity contribution in [3.8, 4) is 0 Å². The average molecular weight is 341 g/mol. The Morgan fingerprint density at radius 1 is 1.55 bits per heavy atom. The van der Waals surface area contributed by atoms with Crippen molar-refractivity contribution in [2.24, 2.45) is 5.41 Å². The first-order chi connectivity index (χ1) is 9.37. The summed E-state index contributed by atoms with van der Waals surface area (Å²) in [6, 6.07) is 5.94. The average Bonchev–Trinajstić information content (AvgIpc) is 2.81. The van der Waals surface area contributed by atoms with Gasteiger partial charge in [0.25, 0.3) is 0 Å². The number of amides is 1. The van der Waals surface area contributed by atoms with Crippen LogP contribution in [0.5, 0.6) is 0 Å². The molecule has 2 rings (SSSR count). The SMILES string of the molecule is CNC(=O)C1(C)CCN(c2ccc([C@@H](C)O)c(Br)c2)C1. The molecular weight excluding hydrogens is 320 g/mol. The lowest BCUT2D eigenvalue weighted by Crippen LogP contribution is -2.39. The first-order valence-corrected chi connectivity index (χ1v) is 7.61. The van der Waals surface area contributed by atoms with Gasteiger partial charge in [-0.25, -0.2) is 0 Å². The smallest absolute Gasteiger partial charge is 0.227 e. The molecule has 0 bridgehead atoms. The number of anilines is 1. The third-order valence-corrected chi connectivity index (χ3v) is 4.73. The topological polar surface area (TPSA) is 52.6 Å². The molecule has 5 heteroatoms. The molecule has 1 aromatic carbocycles. The largest absolute Gasteiger partial charge is 0.389 e. The van der Waals surface area contributed by atoms with Crippen molar-refractivity contribution in [2.75, 3.05) is 25.0 Å². The van der Waals surface area contributed by atoms with Crippen LogP contribution in [0.15, 0.2) is 22.7 Å². The summed E-state index contributed by atoms with van der Waals surface area (Å²) in [5.74, 6) is 0.0969. The van der Waals surface area contributed by atoms with Gasteiger partial charge in [-0.3, -0.25) is 4.79 Å². The zero-order valence-corrected chi connectivity index (χ0v) is 13.7. The zero-order chi connectivity index (χ0) is 14.9. The van der Waals surface area contributed by atoms with Crippen LogP contribution in [0.2, 0.25) is 0 Å². The molecule has 110 valence electrons. The molecule has 0 aromatic heterocycles. The molecule has 1 unspecified atom stereocenters. The standard InChI is InChI=1S/C15H21BrN2O2/c1-10(19)12-5-4-11(8-13(12)16)18-7-6-15(2,9-18)14(20)17-3/h4-5,8,10,19H,6-7,9H2,1-3H3,(H,17,20)/t10-,15?/m1/s1. The van der Waals surface area contributed by atoms with Gasteiger partial charge in [0.1, 0.15) is 0 Å². The van der Waals surface area contributed by atoms with Crippen molar-refractivity contribution in [1.82, 2.24) is 5.32 Å². The number of rotatable bonds is 3. The van der Waals surface area contributed by atoms with Crippen molar-refractivity contribution >= 4 is 27.5 Å². The Hall–Kier alpha value is -1.07. The summed E-state index contributed by atoms with van der Waals surface area (Å²) in [7, 11) is 1.68. The fourth-order valence-corrected chi connectivity index (χ4v) is 3.42. The number of aliphatic hydroxyl groups excluding tert-OH is 1. The van der Waals surface area contributed by atoms with Gasteiger partial charge in [-0.15, -0.1) is 0 Å². The molecule has 1 aliphatic heterocycles. The van der Waals surface area contributed by atoms with Crippen LogP contribution in [0.25, 0.3) is 0 Å². The van der Waals surface area contributed by atoms with Gasteiger partial charge >= 0.3 is 0 Å². The van der Waals surface area contributed by atoms with E-state index in [4.69, 9.17) is 0 Å². The molecule has 0 radical (unpaired) electrons.